The molecule has 0 aromatic heterocycles. The van der Waals surface area contributed by atoms with Crippen molar-refractivity contribution in [2.24, 2.45) is 0 Å². The van der Waals surface area contributed by atoms with Gasteiger partial charge in [-0.05, 0) is 37.6 Å². The number of methoxy groups -OCH3 is 1. The molecule has 0 spiro atoms. The van der Waals surface area contributed by atoms with E-state index in [1.165, 1.54) is 0 Å². The van der Waals surface area contributed by atoms with E-state index in [0.29, 0.717) is 12.3 Å². The zero-order valence-electron chi connectivity index (χ0n) is 10.8. The molecule has 18 heavy (non-hydrogen) atoms. The molecule has 0 heterocycles. The van der Waals surface area contributed by atoms with E-state index in [2.05, 4.69) is 11.9 Å². The van der Waals surface area contributed by atoms with Crippen LogP contribution in [-0.4, -0.2) is 25.7 Å². The molecule has 1 unspecified atom stereocenters. The summed E-state index contributed by atoms with van der Waals surface area (Å²) in [7, 11) is 1.60. The van der Waals surface area contributed by atoms with E-state index in [-0.39, 0.29) is 5.91 Å². The van der Waals surface area contributed by atoms with Crippen molar-refractivity contribution < 1.29 is 14.3 Å². The van der Waals surface area contributed by atoms with Gasteiger partial charge >= 0.3 is 0 Å². The number of hydrogen-bond acceptors (Lipinski definition) is 3. The molecule has 1 amide bonds. The summed E-state index contributed by atoms with van der Waals surface area (Å²) in [5.74, 6) is 1.26. The Hall–Kier alpha value is -1.97. The highest BCUT2D eigenvalue weighted by Crippen LogP contribution is 2.18. The van der Waals surface area contributed by atoms with E-state index in [4.69, 9.17) is 9.47 Å². The lowest BCUT2D eigenvalue weighted by Crippen LogP contribution is -2.36. The molecule has 0 aliphatic carbocycles. The maximum Gasteiger partial charge on any atom is 0.260 e. The van der Waals surface area contributed by atoms with E-state index < -0.39 is 6.10 Å². The number of nitrogens with one attached hydrogen (secondary N) is 1. The minimum absolute atomic E-state index is 0.132. The Bertz CT molecular complexity index is 387. The van der Waals surface area contributed by atoms with E-state index in [0.717, 1.165) is 12.2 Å². The molecule has 0 aliphatic heterocycles. The minimum Gasteiger partial charge on any atom is -0.497 e. The monoisotopic (exact) mass is 249 g/mol. The minimum atomic E-state index is -0.525. The van der Waals surface area contributed by atoms with Crippen LogP contribution in [0.25, 0.3) is 0 Å². The third-order valence-corrected chi connectivity index (χ3v) is 2.39. The van der Waals surface area contributed by atoms with Crippen LogP contribution in [0.5, 0.6) is 11.5 Å². The maximum absolute atomic E-state index is 11.7. The second-order valence-electron chi connectivity index (χ2n) is 3.80. The molecule has 1 atom stereocenters. The highest BCUT2D eigenvalue weighted by Gasteiger charge is 2.13. The van der Waals surface area contributed by atoms with Crippen LogP contribution in [0.1, 0.15) is 13.3 Å². The fourth-order valence-electron chi connectivity index (χ4n) is 1.35. The molecule has 1 rings (SSSR count). The van der Waals surface area contributed by atoms with Crippen molar-refractivity contribution in [3.63, 3.8) is 0 Å². The van der Waals surface area contributed by atoms with Gasteiger partial charge in [0.05, 0.1) is 7.11 Å². The highest BCUT2D eigenvalue weighted by atomic mass is 16.5. The Labute approximate surface area is 108 Å². The summed E-state index contributed by atoms with van der Waals surface area (Å²) in [6, 6.07) is 7.12. The molecule has 4 nitrogen and oxygen atoms in total. The number of rotatable bonds is 7. The fourth-order valence-corrected chi connectivity index (χ4v) is 1.35. The molecular formula is C14H19NO3. The summed E-state index contributed by atoms with van der Waals surface area (Å²) in [4.78, 5) is 11.7. The lowest BCUT2D eigenvalue weighted by atomic mass is 10.3. The third kappa shape index (κ3) is 4.49. The first-order valence-corrected chi connectivity index (χ1v) is 5.86. The van der Waals surface area contributed by atoms with Crippen molar-refractivity contribution in [2.45, 2.75) is 19.4 Å². The van der Waals surface area contributed by atoms with Crippen molar-refractivity contribution in [3.8, 4) is 11.5 Å². The van der Waals surface area contributed by atoms with Crippen molar-refractivity contribution in [2.75, 3.05) is 13.7 Å². The van der Waals surface area contributed by atoms with Gasteiger partial charge in [-0.1, -0.05) is 6.08 Å². The molecule has 4 heteroatoms. The van der Waals surface area contributed by atoms with E-state index in [1.54, 1.807) is 44.4 Å². The summed E-state index contributed by atoms with van der Waals surface area (Å²) >= 11 is 0. The largest absolute Gasteiger partial charge is 0.497 e. The Balaban J connectivity index is 2.44. The van der Waals surface area contributed by atoms with Gasteiger partial charge in [-0.25, -0.2) is 0 Å². The van der Waals surface area contributed by atoms with Gasteiger partial charge in [0.1, 0.15) is 11.5 Å². The van der Waals surface area contributed by atoms with Gasteiger partial charge in [0.25, 0.3) is 5.91 Å². The molecule has 0 saturated carbocycles. The first-order valence-electron chi connectivity index (χ1n) is 5.86. The second-order valence-corrected chi connectivity index (χ2v) is 3.80. The third-order valence-electron chi connectivity index (χ3n) is 2.39. The van der Waals surface area contributed by atoms with Gasteiger partial charge in [-0.3, -0.25) is 4.79 Å². The lowest BCUT2D eigenvalue weighted by molar-refractivity contribution is -0.127. The Kier molecular flexibility index (Phi) is 5.77. The number of amides is 1. The number of ether oxygens (including phenoxy) is 2. The van der Waals surface area contributed by atoms with E-state index in [9.17, 15) is 4.79 Å². The molecule has 0 bridgehead atoms. The molecule has 0 fully saturated rings. The van der Waals surface area contributed by atoms with E-state index in [1.807, 2.05) is 0 Å². The highest BCUT2D eigenvalue weighted by molar-refractivity contribution is 5.80. The number of hydrogen-bond donors (Lipinski definition) is 1. The zero-order chi connectivity index (χ0) is 13.4. The smallest absolute Gasteiger partial charge is 0.260 e. The Morgan fingerprint density at radius 2 is 2.00 bits per heavy atom. The van der Waals surface area contributed by atoms with Crippen LogP contribution in [0.3, 0.4) is 0 Å². The fraction of sp³-hybridized carbons (Fsp3) is 0.357. The topological polar surface area (TPSA) is 47.6 Å². The lowest BCUT2D eigenvalue weighted by Gasteiger charge is -2.14. The van der Waals surface area contributed by atoms with Crippen LogP contribution in [0, 0.1) is 0 Å². The molecule has 0 saturated heterocycles. The zero-order valence-corrected chi connectivity index (χ0v) is 10.8. The van der Waals surface area contributed by atoms with E-state index >= 15 is 0 Å². The first-order chi connectivity index (χ1) is 8.67. The van der Waals surface area contributed by atoms with Crippen LogP contribution >= 0.6 is 0 Å². The maximum atomic E-state index is 11.7. The predicted octanol–water partition coefficient (Wildman–Crippen LogP) is 2.15. The van der Waals surface area contributed by atoms with Gasteiger partial charge in [-0.15, -0.1) is 6.58 Å². The second kappa shape index (κ2) is 7.37. The molecular weight excluding hydrogens is 230 g/mol. The average Bonchev–Trinajstić information content (AvgIpc) is 2.39. The van der Waals surface area contributed by atoms with Crippen LogP contribution in [0.4, 0.5) is 0 Å². The number of carbonyl (C=O) groups is 1. The van der Waals surface area contributed by atoms with Gasteiger partial charge in [0, 0.05) is 6.54 Å². The molecule has 0 aliphatic rings. The Morgan fingerprint density at radius 1 is 1.39 bits per heavy atom. The van der Waals surface area contributed by atoms with Gasteiger partial charge < -0.3 is 14.8 Å². The van der Waals surface area contributed by atoms with Crippen molar-refractivity contribution >= 4 is 5.91 Å². The summed E-state index contributed by atoms with van der Waals surface area (Å²) in [6.45, 7) is 5.89. The molecule has 1 N–H and O–H groups in total. The quantitative estimate of drug-likeness (QED) is 0.595. The average molecular weight is 249 g/mol. The van der Waals surface area contributed by atoms with Gasteiger partial charge in [0.15, 0.2) is 6.10 Å². The summed E-state index contributed by atoms with van der Waals surface area (Å²) in [6.07, 6.45) is 1.99. The van der Waals surface area contributed by atoms with Crippen LogP contribution in [0.2, 0.25) is 0 Å². The molecule has 98 valence electrons. The Morgan fingerprint density at radius 3 is 2.56 bits per heavy atom. The predicted molar refractivity (Wildman–Crippen MR) is 70.9 cm³/mol. The molecule has 0 radical (unpaired) electrons. The summed E-state index contributed by atoms with van der Waals surface area (Å²) < 4.78 is 10.6. The van der Waals surface area contributed by atoms with Gasteiger partial charge in [-0.2, -0.15) is 0 Å². The van der Waals surface area contributed by atoms with Crippen LogP contribution < -0.4 is 14.8 Å². The normalized spacial score (nSPS) is 11.4. The summed E-state index contributed by atoms with van der Waals surface area (Å²) in [5.41, 5.74) is 0. The summed E-state index contributed by atoms with van der Waals surface area (Å²) in [5, 5.41) is 2.77. The van der Waals surface area contributed by atoms with Crippen LogP contribution in [-0.2, 0) is 4.79 Å². The number of benzene rings is 1. The van der Waals surface area contributed by atoms with Crippen molar-refractivity contribution in [1.29, 1.82) is 0 Å². The molecule has 1 aromatic rings. The SMILES string of the molecule is C=CCCNC(=O)C(C)Oc1ccc(OC)cc1. The standard InChI is InChI=1S/C14H19NO3/c1-4-5-10-15-14(16)11(2)18-13-8-6-12(17-3)7-9-13/h4,6-9,11H,1,5,10H2,2-3H3,(H,15,16). The molecule has 1 aromatic carbocycles. The first kappa shape index (κ1) is 14.1. The van der Waals surface area contributed by atoms with Crippen molar-refractivity contribution in [1.82, 2.24) is 5.32 Å². The number of carbonyl (C=O) groups excluding carboxylic acids is 1. The van der Waals surface area contributed by atoms with Crippen molar-refractivity contribution in [3.05, 3.63) is 36.9 Å². The van der Waals surface area contributed by atoms with Gasteiger partial charge in [0.2, 0.25) is 0 Å². The van der Waals surface area contributed by atoms with Crippen LogP contribution in [0.15, 0.2) is 36.9 Å².